The molecule has 0 unspecified atom stereocenters. The van der Waals surface area contributed by atoms with Crippen molar-refractivity contribution in [2.45, 2.75) is 13.0 Å². The largest absolute Gasteiger partial charge is 0.484 e. The smallest absolute Gasteiger partial charge is 0.174 e. The average Bonchev–Trinajstić information content (AvgIpc) is 3.03. The lowest BCUT2D eigenvalue weighted by atomic mass is 10.3. The molecule has 3 heterocycles. The van der Waals surface area contributed by atoms with Gasteiger partial charge in [-0.05, 0) is 19.1 Å². The van der Waals surface area contributed by atoms with Crippen LogP contribution in [0.1, 0.15) is 6.92 Å². The van der Waals surface area contributed by atoms with E-state index in [9.17, 15) is 5.11 Å². The second kappa shape index (κ2) is 7.63. The van der Waals surface area contributed by atoms with Crippen molar-refractivity contribution in [2.75, 3.05) is 11.9 Å². The van der Waals surface area contributed by atoms with Gasteiger partial charge in [0.2, 0.25) is 0 Å². The number of hydrogen-bond donors (Lipinski definition) is 2. The van der Waals surface area contributed by atoms with Crippen molar-refractivity contribution in [3.05, 3.63) is 49.1 Å². The Hall–Kier alpha value is -3.13. The van der Waals surface area contributed by atoms with Crippen LogP contribution < -0.4 is 14.8 Å². The Balaban J connectivity index is 1.85. The highest BCUT2D eigenvalue weighted by atomic mass is 16.5. The second-order valence-electron chi connectivity index (χ2n) is 5.42. The Labute approximate surface area is 145 Å². The van der Waals surface area contributed by atoms with Gasteiger partial charge in [0.15, 0.2) is 17.4 Å². The average molecular weight is 341 g/mol. The first-order valence-corrected chi connectivity index (χ1v) is 7.76. The quantitative estimate of drug-likeness (QED) is 0.682. The molecule has 8 nitrogen and oxygen atoms in total. The first-order valence-electron chi connectivity index (χ1n) is 7.76. The Kier molecular flexibility index (Phi) is 5.10. The van der Waals surface area contributed by atoms with E-state index < -0.39 is 0 Å². The van der Waals surface area contributed by atoms with Gasteiger partial charge in [0.25, 0.3) is 0 Å². The van der Waals surface area contributed by atoms with Crippen molar-refractivity contribution >= 4 is 11.6 Å². The molecule has 1 atom stereocenters. The van der Waals surface area contributed by atoms with Crippen molar-refractivity contribution in [1.29, 1.82) is 0 Å². The molecule has 0 radical (unpaired) electrons. The minimum Gasteiger partial charge on any atom is -0.484 e. The summed E-state index contributed by atoms with van der Waals surface area (Å²) >= 11 is 0. The molecule has 0 amide bonds. The molecule has 0 aliphatic heterocycles. The molecule has 8 heteroatoms. The molecule has 130 valence electrons. The zero-order valence-corrected chi connectivity index (χ0v) is 14.0. The number of aromatic nitrogens is 4. The summed E-state index contributed by atoms with van der Waals surface area (Å²) in [6, 6.07) is 7.10. The lowest BCUT2D eigenvalue weighted by Gasteiger charge is -2.16. The van der Waals surface area contributed by atoms with Crippen LogP contribution in [0.4, 0.5) is 11.6 Å². The lowest BCUT2D eigenvalue weighted by molar-refractivity contribution is 0.130. The molecule has 0 aliphatic carbocycles. The number of aliphatic hydroxyl groups is 1. The number of pyridine rings is 2. The Morgan fingerprint density at radius 3 is 2.84 bits per heavy atom. The van der Waals surface area contributed by atoms with Crippen molar-refractivity contribution in [2.24, 2.45) is 7.05 Å². The van der Waals surface area contributed by atoms with Gasteiger partial charge in [-0.15, -0.1) is 0 Å². The fourth-order valence-electron chi connectivity index (χ4n) is 2.07. The van der Waals surface area contributed by atoms with Crippen molar-refractivity contribution in [3.63, 3.8) is 0 Å². The Bertz CT molecular complexity index is 822. The van der Waals surface area contributed by atoms with E-state index >= 15 is 0 Å². The van der Waals surface area contributed by atoms with Crippen molar-refractivity contribution in [1.82, 2.24) is 19.7 Å². The molecule has 0 spiro atoms. The molecular formula is C17H19N5O3. The number of nitrogens with zero attached hydrogens (tertiary/aromatic N) is 4. The molecule has 0 fully saturated rings. The van der Waals surface area contributed by atoms with E-state index in [1.54, 1.807) is 48.4 Å². The van der Waals surface area contributed by atoms with E-state index in [2.05, 4.69) is 20.4 Å². The van der Waals surface area contributed by atoms with Crippen LogP contribution in [-0.4, -0.2) is 37.6 Å². The Morgan fingerprint density at radius 1 is 1.28 bits per heavy atom. The van der Waals surface area contributed by atoms with E-state index in [1.165, 1.54) is 0 Å². The molecule has 0 aliphatic rings. The number of hydrogen-bond acceptors (Lipinski definition) is 7. The number of rotatable bonds is 7. The third-order valence-corrected chi connectivity index (χ3v) is 3.24. The van der Waals surface area contributed by atoms with Crippen LogP contribution in [0.3, 0.4) is 0 Å². The van der Waals surface area contributed by atoms with Gasteiger partial charge in [-0.25, -0.2) is 4.98 Å². The van der Waals surface area contributed by atoms with Gasteiger partial charge in [0.05, 0.1) is 19.0 Å². The summed E-state index contributed by atoms with van der Waals surface area (Å²) in [4.78, 5) is 8.36. The van der Waals surface area contributed by atoms with Crippen LogP contribution >= 0.6 is 0 Å². The number of aliphatic hydroxyl groups excluding tert-OH is 1. The van der Waals surface area contributed by atoms with E-state index in [0.29, 0.717) is 28.9 Å². The van der Waals surface area contributed by atoms with Gasteiger partial charge < -0.3 is 19.9 Å². The maximum Gasteiger partial charge on any atom is 0.174 e. The monoisotopic (exact) mass is 341 g/mol. The van der Waals surface area contributed by atoms with Crippen LogP contribution in [0, 0.1) is 0 Å². The first kappa shape index (κ1) is 16.7. The van der Waals surface area contributed by atoms with Crippen LogP contribution in [0.2, 0.25) is 0 Å². The summed E-state index contributed by atoms with van der Waals surface area (Å²) in [6.07, 6.45) is 6.28. The summed E-state index contributed by atoms with van der Waals surface area (Å²) in [5.41, 5.74) is 0. The number of nitrogens with one attached hydrogen (secondary N) is 1. The minimum atomic E-state index is -0.389. The number of anilines is 2. The van der Waals surface area contributed by atoms with Crippen LogP contribution in [0.15, 0.2) is 49.1 Å². The van der Waals surface area contributed by atoms with Crippen LogP contribution in [-0.2, 0) is 7.05 Å². The SMILES string of the molecule is C[C@@H](CO)Oc1cc(Oc2cccnc2)cnc1Nc1ccn(C)n1. The van der Waals surface area contributed by atoms with Gasteiger partial charge in [-0.2, -0.15) is 5.10 Å². The summed E-state index contributed by atoms with van der Waals surface area (Å²) in [7, 11) is 1.83. The molecule has 3 rings (SSSR count). The highest BCUT2D eigenvalue weighted by Crippen LogP contribution is 2.31. The number of aryl methyl sites for hydroxylation is 1. The normalized spacial score (nSPS) is 11.8. The first-order chi connectivity index (χ1) is 12.1. The number of ether oxygens (including phenoxy) is 2. The predicted octanol–water partition coefficient (Wildman–Crippen LogP) is 2.51. The van der Waals surface area contributed by atoms with Gasteiger partial charge in [-0.1, -0.05) is 0 Å². The third-order valence-electron chi connectivity index (χ3n) is 3.24. The zero-order valence-electron chi connectivity index (χ0n) is 14.0. The molecule has 0 saturated carbocycles. The third kappa shape index (κ3) is 4.45. The molecule has 25 heavy (non-hydrogen) atoms. The maximum absolute atomic E-state index is 9.26. The molecule has 2 N–H and O–H groups in total. The summed E-state index contributed by atoms with van der Waals surface area (Å²) in [6.45, 7) is 1.65. The molecular weight excluding hydrogens is 322 g/mol. The van der Waals surface area contributed by atoms with Gasteiger partial charge in [-0.3, -0.25) is 9.67 Å². The lowest BCUT2D eigenvalue weighted by Crippen LogP contribution is -2.17. The van der Waals surface area contributed by atoms with E-state index in [0.717, 1.165) is 0 Å². The summed E-state index contributed by atoms with van der Waals surface area (Å²) in [5, 5.41) is 16.6. The van der Waals surface area contributed by atoms with Crippen molar-refractivity contribution < 1.29 is 14.6 Å². The highest BCUT2D eigenvalue weighted by molar-refractivity contribution is 5.60. The second-order valence-corrected chi connectivity index (χ2v) is 5.42. The molecule has 0 bridgehead atoms. The summed E-state index contributed by atoms with van der Waals surface area (Å²) < 4.78 is 13.2. The van der Waals surface area contributed by atoms with Gasteiger partial charge in [0, 0.05) is 31.6 Å². The molecule has 3 aromatic rings. The van der Waals surface area contributed by atoms with E-state index in [1.807, 2.05) is 19.3 Å². The molecule has 0 saturated heterocycles. The summed E-state index contributed by atoms with van der Waals surface area (Å²) in [5.74, 6) is 2.67. The van der Waals surface area contributed by atoms with Gasteiger partial charge in [0.1, 0.15) is 17.6 Å². The highest BCUT2D eigenvalue weighted by Gasteiger charge is 2.13. The zero-order chi connectivity index (χ0) is 17.6. The van der Waals surface area contributed by atoms with Gasteiger partial charge >= 0.3 is 0 Å². The maximum atomic E-state index is 9.26. The standard InChI is InChI=1S/C17H19N5O3/c1-12(11-23)24-15-8-14(25-13-4-3-6-18-9-13)10-19-17(15)20-16-5-7-22(2)21-16/h3-10,12,23H,11H2,1-2H3,(H,19,20,21)/t12-/m0/s1. The van der Waals surface area contributed by atoms with E-state index in [-0.39, 0.29) is 12.7 Å². The predicted molar refractivity (Wildman–Crippen MR) is 92.2 cm³/mol. The van der Waals surface area contributed by atoms with Crippen molar-refractivity contribution in [3.8, 4) is 17.2 Å². The topological polar surface area (TPSA) is 94.3 Å². The fraction of sp³-hybridized carbons (Fsp3) is 0.235. The molecule has 3 aromatic heterocycles. The van der Waals surface area contributed by atoms with Crippen LogP contribution in [0.25, 0.3) is 0 Å². The minimum absolute atomic E-state index is 0.114. The van der Waals surface area contributed by atoms with E-state index in [4.69, 9.17) is 9.47 Å². The Morgan fingerprint density at radius 2 is 2.16 bits per heavy atom. The van der Waals surface area contributed by atoms with Crippen LogP contribution in [0.5, 0.6) is 17.2 Å². The fourth-order valence-corrected chi connectivity index (χ4v) is 2.07. The molecule has 0 aromatic carbocycles.